The minimum Gasteiger partial charge on any atom is -0.373 e. The summed E-state index contributed by atoms with van der Waals surface area (Å²) in [5.41, 5.74) is 1.06. The van der Waals surface area contributed by atoms with Crippen molar-refractivity contribution < 1.29 is 8.42 Å². The van der Waals surface area contributed by atoms with E-state index in [0.717, 1.165) is 11.4 Å². The third-order valence-corrected chi connectivity index (χ3v) is 3.34. The number of nitrogens with zero attached hydrogens (tertiary/aromatic N) is 2. The maximum absolute atomic E-state index is 11.1. The molecule has 6 heteroatoms. The van der Waals surface area contributed by atoms with Crippen molar-refractivity contribution >= 4 is 15.7 Å². The van der Waals surface area contributed by atoms with Crippen LogP contribution in [-0.4, -0.2) is 51.0 Å². The van der Waals surface area contributed by atoms with Gasteiger partial charge < -0.3 is 10.2 Å². The number of anilines is 1. The van der Waals surface area contributed by atoms with E-state index in [4.69, 9.17) is 0 Å². The Morgan fingerprint density at radius 2 is 2.18 bits per heavy atom. The van der Waals surface area contributed by atoms with Gasteiger partial charge in [-0.25, -0.2) is 13.4 Å². The second-order valence-corrected chi connectivity index (χ2v) is 6.39. The summed E-state index contributed by atoms with van der Waals surface area (Å²) < 4.78 is 22.1. The molecule has 1 rings (SSSR count). The second-order valence-electron chi connectivity index (χ2n) is 4.13. The molecule has 0 spiro atoms. The van der Waals surface area contributed by atoms with E-state index in [1.165, 1.54) is 6.26 Å². The molecule has 1 aromatic rings. The minimum absolute atomic E-state index is 0.179. The molecule has 0 aliphatic rings. The predicted molar refractivity (Wildman–Crippen MR) is 69.8 cm³/mol. The third kappa shape index (κ3) is 5.14. The molecule has 0 aliphatic carbocycles. The van der Waals surface area contributed by atoms with Crippen LogP contribution in [0.25, 0.3) is 0 Å². The van der Waals surface area contributed by atoms with Gasteiger partial charge in [0, 0.05) is 38.2 Å². The van der Waals surface area contributed by atoms with Gasteiger partial charge in [0.25, 0.3) is 0 Å². The molecule has 0 saturated heterocycles. The van der Waals surface area contributed by atoms with E-state index in [2.05, 4.69) is 10.3 Å². The zero-order valence-electron chi connectivity index (χ0n) is 10.5. The fourth-order valence-electron chi connectivity index (χ4n) is 1.48. The molecule has 0 aromatic carbocycles. The molecule has 0 bridgehead atoms. The number of sulfone groups is 1. The summed E-state index contributed by atoms with van der Waals surface area (Å²) in [6.45, 7) is 1.20. The number of aromatic nitrogens is 1. The van der Waals surface area contributed by atoms with Crippen LogP contribution in [0.3, 0.4) is 0 Å². The predicted octanol–water partition coefficient (Wildman–Crippen LogP) is 0.600. The van der Waals surface area contributed by atoms with E-state index in [1.807, 2.05) is 31.1 Å². The normalized spacial score (nSPS) is 11.8. The van der Waals surface area contributed by atoms with Crippen LogP contribution >= 0.6 is 0 Å². The molecular formula is C11H19N3O2S. The molecule has 5 nitrogen and oxygen atoms in total. The summed E-state index contributed by atoms with van der Waals surface area (Å²) in [5, 5.41) is 3.02. The van der Waals surface area contributed by atoms with Crippen LogP contribution in [0.1, 0.15) is 5.56 Å². The Morgan fingerprint density at radius 3 is 2.76 bits per heavy atom. The zero-order chi connectivity index (χ0) is 12.9. The number of pyridine rings is 1. The third-order valence-electron chi connectivity index (χ3n) is 2.41. The molecule has 0 amide bonds. The van der Waals surface area contributed by atoms with Crippen molar-refractivity contribution in [3.8, 4) is 0 Å². The summed E-state index contributed by atoms with van der Waals surface area (Å²) in [6, 6.07) is 3.86. The molecule has 0 atom stereocenters. The summed E-state index contributed by atoms with van der Waals surface area (Å²) >= 11 is 0. The lowest BCUT2D eigenvalue weighted by Gasteiger charge is -2.17. The highest BCUT2D eigenvalue weighted by atomic mass is 32.2. The Hall–Kier alpha value is -1.14. The molecule has 0 radical (unpaired) electrons. The Bertz CT molecular complexity index is 460. The minimum atomic E-state index is -2.90. The highest BCUT2D eigenvalue weighted by Gasteiger charge is 2.08. The van der Waals surface area contributed by atoms with Crippen molar-refractivity contribution in [3.05, 3.63) is 23.9 Å². The molecule has 17 heavy (non-hydrogen) atoms. The molecule has 0 saturated carbocycles. The Labute approximate surface area is 103 Å². The molecule has 0 fully saturated rings. The summed E-state index contributed by atoms with van der Waals surface area (Å²) in [4.78, 5) is 6.17. The van der Waals surface area contributed by atoms with Gasteiger partial charge in [-0.1, -0.05) is 6.07 Å². The van der Waals surface area contributed by atoms with E-state index in [9.17, 15) is 8.42 Å². The average Bonchev–Trinajstić information content (AvgIpc) is 2.26. The summed E-state index contributed by atoms with van der Waals surface area (Å²) in [6.07, 6.45) is 2.98. The van der Waals surface area contributed by atoms with E-state index >= 15 is 0 Å². The molecule has 96 valence electrons. The van der Waals surface area contributed by atoms with Crippen molar-refractivity contribution in [2.24, 2.45) is 0 Å². The standard InChI is InChI=1S/C11H19N3O2S/c1-12-11-10(5-4-6-13-11)9-14(2)7-8-17(3,15)16/h4-6H,7-9H2,1-3H3,(H,12,13). The van der Waals surface area contributed by atoms with E-state index < -0.39 is 9.84 Å². The second kappa shape index (κ2) is 5.97. The SMILES string of the molecule is CNc1ncccc1CN(C)CCS(C)(=O)=O. The number of hydrogen-bond donors (Lipinski definition) is 1. The Morgan fingerprint density at radius 1 is 1.47 bits per heavy atom. The smallest absolute Gasteiger partial charge is 0.148 e. The topological polar surface area (TPSA) is 62.3 Å². The summed E-state index contributed by atoms with van der Waals surface area (Å²) in [5.74, 6) is 1.01. The van der Waals surface area contributed by atoms with Gasteiger partial charge in [-0.3, -0.25) is 0 Å². The molecular weight excluding hydrogens is 238 g/mol. The quantitative estimate of drug-likeness (QED) is 0.808. The van der Waals surface area contributed by atoms with Crippen molar-refractivity contribution in [1.29, 1.82) is 0 Å². The van der Waals surface area contributed by atoms with Crippen molar-refractivity contribution in [1.82, 2.24) is 9.88 Å². The van der Waals surface area contributed by atoms with Crippen LogP contribution in [0, 0.1) is 0 Å². The number of nitrogens with one attached hydrogen (secondary N) is 1. The van der Waals surface area contributed by atoms with Gasteiger partial charge in [-0.15, -0.1) is 0 Å². The maximum Gasteiger partial charge on any atom is 0.148 e. The largest absolute Gasteiger partial charge is 0.373 e. The van der Waals surface area contributed by atoms with Gasteiger partial charge in [0.1, 0.15) is 15.7 Å². The van der Waals surface area contributed by atoms with E-state index in [0.29, 0.717) is 13.1 Å². The summed E-state index contributed by atoms with van der Waals surface area (Å²) in [7, 11) is 0.822. The van der Waals surface area contributed by atoms with Gasteiger partial charge >= 0.3 is 0 Å². The van der Waals surface area contributed by atoms with E-state index in [-0.39, 0.29) is 5.75 Å². The van der Waals surface area contributed by atoms with Crippen molar-refractivity contribution in [2.45, 2.75) is 6.54 Å². The van der Waals surface area contributed by atoms with Crippen LogP contribution in [0.15, 0.2) is 18.3 Å². The first-order valence-corrected chi connectivity index (χ1v) is 7.46. The van der Waals surface area contributed by atoms with Crippen LogP contribution in [0.5, 0.6) is 0 Å². The van der Waals surface area contributed by atoms with Crippen LogP contribution < -0.4 is 5.32 Å². The molecule has 1 heterocycles. The first-order valence-electron chi connectivity index (χ1n) is 5.40. The number of rotatable bonds is 6. The van der Waals surface area contributed by atoms with Crippen LogP contribution in [0.2, 0.25) is 0 Å². The lowest BCUT2D eigenvalue weighted by atomic mass is 10.2. The van der Waals surface area contributed by atoms with Crippen molar-refractivity contribution in [2.75, 3.05) is 38.0 Å². The molecule has 0 aliphatic heterocycles. The molecule has 0 unspecified atom stereocenters. The molecule has 1 N–H and O–H groups in total. The highest BCUT2D eigenvalue weighted by molar-refractivity contribution is 7.90. The Kier molecular flexibility index (Phi) is 4.89. The van der Waals surface area contributed by atoms with Crippen molar-refractivity contribution in [3.63, 3.8) is 0 Å². The van der Waals surface area contributed by atoms with Gasteiger partial charge in [-0.2, -0.15) is 0 Å². The van der Waals surface area contributed by atoms with Crippen LogP contribution in [-0.2, 0) is 16.4 Å². The number of hydrogen-bond acceptors (Lipinski definition) is 5. The van der Waals surface area contributed by atoms with Gasteiger partial charge in [0.15, 0.2) is 0 Å². The van der Waals surface area contributed by atoms with Gasteiger partial charge in [0.2, 0.25) is 0 Å². The monoisotopic (exact) mass is 257 g/mol. The highest BCUT2D eigenvalue weighted by Crippen LogP contribution is 2.12. The fourth-order valence-corrected chi connectivity index (χ4v) is 2.13. The average molecular weight is 257 g/mol. The van der Waals surface area contributed by atoms with Gasteiger partial charge in [-0.05, 0) is 13.1 Å². The first kappa shape index (κ1) is 13.9. The maximum atomic E-state index is 11.1. The zero-order valence-corrected chi connectivity index (χ0v) is 11.3. The lowest BCUT2D eigenvalue weighted by molar-refractivity contribution is 0.346. The van der Waals surface area contributed by atoms with Crippen LogP contribution in [0.4, 0.5) is 5.82 Å². The lowest BCUT2D eigenvalue weighted by Crippen LogP contribution is -2.25. The molecule has 1 aromatic heterocycles. The van der Waals surface area contributed by atoms with Gasteiger partial charge in [0.05, 0.1) is 5.75 Å². The fraction of sp³-hybridized carbons (Fsp3) is 0.545. The Balaban J connectivity index is 2.59. The van der Waals surface area contributed by atoms with E-state index in [1.54, 1.807) is 6.20 Å². The first-order chi connectivity index (χ1) is 7.92.